The maximum Gasteiger partial charge on any atom is 0.221 e. The van der Waals surface area contributed by atoms with E-state index < -0.39 is 25.5 Å². The Labute approximate surface area is 115 Å². The van der Waals surface area contributed by atoms with Crippen LogP contribution in [0.1, 0.15) is 12.8 Å². The molecule has 7 heteroatoms. The lowest BCUT2D eigenvalue weighted by atomic mass is 10.3. The van der Waals surface area contributed by atoms with Gasteiger partial charge in [-0.2, -0.15) is 5.26 Å². The fourth-order valence-electron chi connectivity index (χ4n) is 1.87. The van der Waals surface area contributed by atoms with Crippen molar-refractivity contribution in [2.24, 2.45) is 0 Å². The van der Waals surface area contributed by atoms with Crippen LogP contribution in [0.5, 0.6) is 0 Å². The molecule has 0 saturated carbocycles. The molecule has 0 aromatic heterocycles. The number of sulfone groups is 1. The number of rotatable bonds is 2. The second kappa shape index (κ2) is 5.19. The highest BCUT2D eigenvalue weighted by molar-refractivity contribution is 7.95. The molecule has 0 aliphatic carbocycles. The summed E-state index contributed by atoms with van der Waals surface area (Å²) >= 11 is 5.68. The van der Waals surface area contributed by atoms with Gasteiger partial charge in [0.05, 0.1) is 0 Å². The monoisotopic (exact) mass is 300 g/mol. The zero-order chi connectivity index (χ0) is 14.0. The van der Waals surface area contributed by atoms with E-state index in [0.29, 0.717) is 18.7 Å². The van der Waals surface area contributed by atoms with Gasteiger partial charge in [0.15, 0.2) is 4.91 Å². The molecule has 0 spiro atoms. The van der Waals surface area contributed by atoms with Crippen LogP contribution < -0.4 is 5.32 Å². The highest BCUT2D eigenvalue weighted by Crippen LogP contribution is 2.28. The third-order valence-electron chi connectivity index (χ3n) is 2.77. The van der Waals surface area contributed by atoms with Crippen LogP contribution in [0.15, 0.2) is 33.7 Å². The molecular weight excluding hydrogens is 291 g/mol. The summed E-state index contributed by atoms with van der Waals surface area (Å²) in [6.45, 7) is 0.605. The zero-order valence-corrected chi connectivity index (χ0v) is 11.4. The molecule has 1 aromatic carbocycles. The molecule has 0 bridgehead atoms. The van der Waals surface area contributed by atoms with Gasteiger partial charge in [-0.05, 0) is 31.0 Å². The van der Waals surface area contributed by atoms with Gasteiger partial charge in [-0.3, -0.25) is 0 Å². The van der Waals surface area contributed by atoms with Crippen LogP contribution in [0, 0.1) is 17.1 Å². The van der Waals surface area contributed by atoms with Crippen molar-refractivity contribution in [2.45, 2.75) is 17.7 Å². The summed E-state index contributed by atoms with van der Waals surface area (Å²) in [7, 11) is -4.19. The predicted molar refractivity (Wildman–Crippen MR) is 68.5 cm³/mol. The summed E-state index contributed by atoms with van der Waals surface area (Å²) in [4.78, 5) is -1.01. The fraction of sp³-hybridized carbons (Fsp3) is 0.250. The molecule has 4 nitrogen and oxygen atoms in total. The van der Waals surface area contributed by atoms with Gasteiger partial charge >= 0.3 is 0 Å². The summed E-state index contributed by atoms with van der Waals surface area (Å²) in [5.74, 6) is -0.921. The average molecular weight is 301 g/mol. The first kappa shape index (κ1) is 13.8. The fourth-order valence-corrected chi connectivity index (χ4v) is 3.55. The average Bonchev–Trinajstić information content (AvgIpc) is 2.86. The van der Waals surface area contributed by atoms with Crippen LogP contribution in [-0.4, -0.2) is 15.0 Å². The highest BCUT2D eigenvalue weighted by atomic mass is 35.5. The first-order valence-corrected chi connectivity index (χ1v) is 7.40. The Balaban J connectivity index is 2.62. The Morgan fingerprint density at radius 1 is 1.47 bits per heavy atom. The Hall–Kier alpha value is -1.58. The topological polar surface area (TPSA) is 70.0 Å². The van der Waals surface area contributed by atoms with E-state index >= 15 is 0 Å². The normalized spacial score (nSPS) is 17.7. The summed E-state index contributed by atoms with van der Waals surface area (Å²) in [6.07, 6.45) is 1.21. The van der Waals surface area contributed by atoms with Crippen molar-refractivity contribution >= 4 is 21.4 Å². The van der Waals surface area contributed by atoms with Crippen molar-refractivity contribution in [1.82, 2.24) is 5.32 Å². The van der Waals surface area contributed by atoms with Gasteiger partial charge in [0.25, 0.3) is 0 Å². The number of benzene rings is 1. The Bertz CT molecular complexity index is 684. The highest BCUT2D eigenvalue weighted by Gasteiger charge is 2.29. The lowest BCUT2D eigenvalue weighted by Crippen LogP contribution is -2.14. The molecule has 1 saturated heterocycles. The minimum atomic E-state index is -4.19. The molecular formula is C12H10ClFN2O2S. The molecule has 1 aromatic rings. The van der Waals surface area contributed by atoms with Gasteiger partial charge in [0, 0.05) is 17.3 Å². The number of nitriles is 1. The number of nitrogens with one attached hydrogen (secondary N) is 1. The minimum absolute atomic E-state index is 0.0987. The maximum absolute atomic E-state index is 13.7. The quantitative estimate of drug-likeness (QED) is 0.851. The molecule has 19 heavy (non-hydrogen) atoms. The Morgan fingerprint density at radius 3 is 2.79 bits per heavy atom. The standard InChI is InChI=1S/C12H10ClFN2O2S/c13-8-3-4-9(14)11(6-8)19(17,18)12(7-15)10-2-1-5-16-10/h3-4,6,16H,1-2,5H2. The van der Waals surface area contributed by atoms with E-state index in [2.05, 4.69) is 5.32 Å². The van der Waals surface area contributed by atoms with Crippen molar-refractivity contribution in [3.05, 3.63) is 39.6 Å². The van der Waals surface area contributed by atoms with Crippen molar-refractivity contribution < 1.29 is 12.8 Å². The van der Waals surface area contributed by atoms with Crippen molar-refractivity contribution in [3.8, 4) is 6.07 Å². The summed E-state index contributed by atoms with van der Waals surface area (Å²) in [5.41, 5.74) is 0.335. The van der Waals surface area contributed by atoms with Crippen LogP contribution in [0.2, 0.25) is 5.02 Å². The van der Waals surface area contributed by atoms with E-state index in [1.165, 1.54) is 6.07 Å². The van der Waals surface area contributed by atoms with E-state index in [0.717, 1.165) is 18.6 Å². The van der Waals surface area contributed by atoms with E-state index in [4.69, 9.17) is 16.9 Å². The number of halogens is 2. The van der Waals surface area contributed by atoms with Gasteiger partial charge in [0.1, 0.15) is 16.8 Å². The predicted octanol–water partition coefficient (Wildman–Crippen LogP) is 2.37. The van der Waals surface area contributed by atoms with Gasteiger partial charge in [-0.15, -0.1) is 0 Å². The first-order chi connectivity index (χ1) is 8.96. The van der Waals surface area contributed by atoms with E-state index in [9.17, 15) is 12.8 Å². The molecule has 1 heterocycles. The largest absolute Gasteiger partial charge is 0.387 e. The van der Waals surface area contributed by atoms with Crippen molar-refractivity contribution in [2.75, 3.05) is 6.54 Å². The van der Waals surface area contributed by atoms with Crippen LogP contribution in [-0.2, 0) is 9.84 Å². The van der Waals surface area contributed by atoms with Gasteiger partial charge in [0.2, 0.25) is 9.84 Å². The second-order valence-corrected chi connectivity index (χ2v) is 6.32. The molecule has 0 unspecified atom stereocenters. The summed E-state index contributed by atoms with van der Waals surface area (Å²) in [6, 6.07) is 4.88. The molecule has 100 valence electrons. The Morgan fingerprint density at radius 2 is 2.21 bits per heavy atom. The number of hydrogen-bond acceptors (Lipinski definition) is 4. The lowest BCUT2D eigenvalue weighted by Gasteiger charge is -2.08. The van der Waals surface area contributed by atoms with Gasteiger partial charge < -0.3 is 5.32 Å². The maximum atomic E-state index is 13.7. The van der Waals surface area contributed by atoms with Crippen molar-refractivity contribution in [3.63, 3.8) is 0 Å². The lowest BCUT2D eigenvalue weighted by molar-refractivity contribution is 0.571. The number of allylic oxidation sites excluding steroid dienone is 2. The summed E-state index contributed by atoms with van der Waals surface area (Å²) in [5, 5.41) is 12.0. The number of nitrogens with zero attached hydrogens (tertiary/aromatic N) is 1. The summed E-state index contributed by atoms with van der Waals surface area (Å²) < 4.78 is 38.3. The second-order valence-electron chi connectivity index (χ2n) is 4.03. The molecule has 1 aliphatic heterocycles. The zero-order valence-electron chi connectivity index (χ0n) is 9.78. The van der Waals surface area contributed by atoms with Gasteiger partial charge in [-0.1, -0.05) is 11.6 Å². The van der Waals surface area contributed by atoms with Crippen LogP contribution in [0.3, 0.4) is 0 Å². The van der Waals surface area contributed by atoms with Crippen LogP contribution >= 0.6 is 11.6 Å². The van der Waals surface area contributed by atoms with E-state index in [-0.39, 0.29) is 5.02 Å². The third-order valence-corrected chi connectivity index (χ3v) is 4.77. The SMILES string of the molecule is N#CC(=C1CCCN1)S(=O)(=O)c1cc(Cl)ccc1F. The van der Waals surface area contributed by atoms with E-state index in [1.807, 2.05) is 0 Å². The molecule has 1 N–H and O–H groups in total. The van der Waals surface area contributed by atoms with Crippen molar-refractivity contribution in [1.29, 1.82) is 5.26 Å². The van der Waals surface area contributed by atoms with Gasteiger partial charge in [-0.25, -0.2) is 12.8 Å². The van der Waals surface area contributed by atoms with E-state index in [1.54, 1.807) is 6.07 Å². The molecule has 2 rings (SSSR count). The molecule has 0 radical (unpaired) electrons. The minimum Gasteiger partial charge on any atom is -0.387 e. The molecule has 1 aliphatic rings. The van der Waals surface area contributed by atoms with Crippen LogP contribution in [0.25, 0.3) is 0 Å². The number of hydrogen-bond donors (Lipinski definition) is 1. The molecule has 1 fully saturated rings. The molecule has 0 amide bonds. The third kappa shape index (κ3) is 2.57. The molecule has 0 atom stereocenters. The van der Waals surface area contributed by atoms with Crippen LogP contribution in [0.4, 0.5) is 4.39 Å². The Kier molecular flexibility index (Phi) is 3.78. The smallest absolute Gasteiger partial charge is 0.221 e. The first-order valence-electron chi connectivity index (χ1n) is 5.54.